The summed E-state index contributed by atoms with van der Waals surface area (Å²) in [5, 5.41) is 1.09. The number of piperidine rings is 1. The minimum Gasteiger partial charge on any atom is -0.338 e. The standard InChI is InChI=1S/C22H25N5O2S/c1-12-11-13(2)24-20(28)18(12)22(29)27-9-6-16(7-10-27)21-25-14(3)19(30-21)17-5-8-23-15(4)26-17/h5,8,11,16H,6-7,9-10H2,1-4H3,(H,24,28). The molecule has 3 aromatic heterocycles. The highest BCUT2D eigenvalue weighted by Crippen LogP contribution is 2.36. The van der Waals surface area contributed by atoms with E-state index in [0.717, 1.165) is 51.2 Å². The van der Waals surface area contributed by atoms with E-state index in [9.17, 15) is 9.59 Å². The Morgan fingerprint density at radius 2 is 1.90 bits per heavy atom. The maximum Gasteiger partial charge on any atom is 0.261 e. The minimum atomic E-state index is -0.306. The van der Waals surface area contributed by atoms with E-state index in [1.165, 1.54) is 0 Å². The van der Waals surface area contributed by atoms with Gasteiger partial charge >= 0.3 is 0 Å². The highest BCUT2D eigenvalue weighted by Gasteiger charge is 2.29. The van der Waals surface area contributed by atoms with E-state index >= 15 is 0 Å². The Morgan fingerprint density at radius 3 is 2.57 bits per heavy atom. The number of aromatic amines is 1. The molecule has 1 aliphatic heterocycles. The number of thiazole rings is 1. The van der Waals surface area contributed by atoms with Gasteiger partial charge in [0.05, 0.1) is 21.3 Å². The molecule has 0 radical (unpaired) electrons. The Balaban J connectivity index is 1.49. The second kappa shape index (κ2) is 8.10. The molecule has 0 aromatic carbocycles. The molecular formula is C22H25N5O2S. The van der Waals surface area contributed by atoms with Crippen LogP contribution < -0.4 is 5.56 Å². The predicted molar refractivity (Wildman–Crippen MR) is 117 cm³/mol. The van der Waals surface area contributed by atoms with Gasteiger partial charge in [0.2, 0.25) is 0 Å². The van der Waals surface area contributed by atoms with Gasteiger partial charge in [-0.05, 0) is 58.2 Å². The fourth-order valence-electron chi connectivity index (χ4n) is 4.02. The van der Waals surface area contributed by atoms with Crippen molar-refractivity contribution in [1.82, 2.24) is 24.8 Å². The molecule has 1 fully saturated rings. The molecule has 0 bridgehead atoms. The summed E-state index contributed by atoms with van der Waals surface area (Å²) in [4.78, 5) is 44.4. The molecule has 1 aliphatic rings. The first kappa shape index (κ1) is 20.4. The van der Waals surface area contributed by atoms with Crippen molar-refractivity contribution in [2.45, 2.75) is 46.5 Å². The fourth-order valence-corrected chi connectivity index (χ4v) is 5.22. The molecule has 0 aliphatic carbocycles. The van der Waals surface area contributed by atoms with Crippen molar-refractivity contribution in [2.24, 2.45) is 0 Å². The lowest BCUT2D eigenvalue weighted by molar-refractivity contribution is 0.0710. The number of rotatable bonds is 3. The number of nitrogens with one attached hydrogen (secondary N) is 1. The second-order valence-electron chi connectivity index (χ2n) is 7.86. The lowest BCUT2D eigenvalue weighted by atomic mass is 9.96. The number of hydrogen-bond donors (Lipinski definition) is 1. The number of carbonyl (C=O) groups is 1. The quantitative estimate of drug-likeness (QED) is 0.696. The van der Waals surface area contributed by atoms with E-state index in [2.05, 4.69) is 15.0 Å². The summed E-state index contributed by atoms with van der Waals surface area (Å²) in [6.07, 6.45) is 3.45. The molecule has 4 rings (SSSR count). The minimum absolute atomic E-state index is 0.181. The highest BCUT2D eigenvalue weighted by molar-refractivity contribution is 7.15. The van der Waals surface area contributed by atoms with E-state index in [1.807, 2.05) is 39.8 Å². The Morgan fingerprint density at radius 1 is 1.17 bits per heavy atom. The predicted octanol–water partition coefficient (Wildman–Crippen LogP) is 3.54. The maximum absolute atomic E-state index is 12.9. The number of hydrogen-bond acceptors (Lipinski definition) is 6. The zero-order chi connectivity index (χ0) is 21.4. The van der Waals surface area contributed by atoms with Gasteiger partial charge in [0.1, 0.15) is 11.4 Å². The van der Waals surface area contributed by atoms with Crippen molar-refractivity contribution in [1.29, 1.82) is 0 Å². The van der Waals surface area contributed by atoms with Gasteiger partial charge in [-0.15, -0.1) is 11.3 Å². The summed E-state index contributed by atoms with van der Waals surface area (Å²) in [6.45, 7) is 8.78. The number of likely N-dealkylation sites (tertiary alicyclic amines) is 1. The molecule has 1 N–H and O–H groups in total. The molecule has 4 heterocycles. The molecule has 8 heteroatoms. The van der Waals surface area contributed by atoms with E-state index in [4.69, 9.17) is 4.98 Å². The second-order valence-corrected chi connectivity index (χ2v) is 8.89. The lowest BCUT2D eigenvalue weighted by Gasteiger charge is -2.31. The molecule has 156 valence electrons. The summed E-state index contributed by atoms with van der Waals surface area (Å²) >= 11 is 1.68. The summed E-state index contributed by atoms with van der Waals surface area (Å²) in [6, 6.07) is 3.76. The van der Waals surface area contributed by atoms with Crippen LogP contribution in [-0.2, 0) is 0 Å². The van der Waals surface area contributed by atoms with Crippen molar-refractivity contribution < 1.29 is 4.79 Å². The number of pyridine rings is 1. The van der Waals surface area contributed by atoms with Crippen LogP contribution in [-0.4, -0.2) is 43.8 Å². The third-order valence-corrected chi connectivity index (χ3v) is 6.87. The van der Waals surface area contributed by atoms with E-state index in [1.54, 1.807) is 22.4 Å². The third kappa shape index (κ3) is 3.92. The normalized spacial score (nSPS) is 14.9. The highest BCUT2D eigenvalue weighted by atomic mass is 32.1. The van der Waals surface area contributed by atoms with Crippen LogP contribution in [0.15, 0.2) is 23.1 Å². The average molecular weight is 424 g/mol. The number of amides is 1. The van der Waals surface area contributed by atoms with Crippen molar-refractivity contribution in [2.75, 3.05) is 13.1 Å². The number of aromatic nitrogens is 4. The van der Waals surface area contributed by atoms with Crippen LogP contribution in [0, 0.1) is 27.7 Å². The van der Waals surface area contributed by atoms with E-state index in [-0.39, 0.29) is 17.0 Å². The van der Waals surface area contributed by atoms with Crippen molar-refractivity contribution in [3.63, 3.8) is 0 Å². The molecule has 1 saturated heterocycles. The topological polar surface area (TPSA) is 91.8 Å². The first-order chi connectivity index (χ1) is 14.3. The van der Waals surface area contributed by atoms with E-state index < -0.39 is 0 Å². The van der Waals surface area contributed by atoms with Gasteiger partial charge in [-0.25, -0.2) is 15.0 Å². The molecule has 7 nitrogen and oxygen atoms in total. The number of H-pyrrole nitrogens is 1. The SMILES string of the molecule is Cc1nccc(-c2sc(C3CCN(C(=O)c4c(C)cc(C)[nH]c4=O)CC3)nc2C)n1. The largest absolute Gasteiger partial charge is 0.338 e. The van der Waals surface area contributed by atoms with Crippen LogP contribution in [0.3, 0.4) is 0 Å². The van der Waals surface area contributed by atoms with Gasteiger partial charge in [-0.3, -0.25) is 9.59 Å². The monoisotopic (exact) mass is 423 g/mol. The summed E-state index contributed by atoms with van der Waals surface area (Å²) in [5.41, 5.74) is 3.33. The van der Waals surface area contributed by atoms with Crippen LogP contribution in [0.25, 0.3) is 10.6 Å². The molecule has 0 spiro atoms. The van der Waals surface area contributed by atoms with Crippen LogP contribution in [0.2, 0.25) is 0 Å². The summed E-state index contributed by atoms with van der Waals surface area (Å²) in [5.74, 6) is 0.876. The Kier molecular flexibility index (Phi) is 5.51. The van der Waals surface area contributed by atoms with E-state index in [0.29, 0.717) is 19.0 Å². The third-order valence-electron chi connectivity index (χ3n) is 5.53. The first-order valence-corrected chi connectivity index (χ1v) is 10.9. The Hall–Kier alpha value is -2.87. The van der Waals surface area contributed by atoms with Crippen LogP contribution in [0.1, 0.15) is 56.9 Å². The zero-order valence-electron chi connectivity index (χ0n) is 17.7. The average Bonchev–Trinajstić information content (AvgIpc) is 3.09. The maximum atomic E-state index is 12.9. The molecule has 1 amide bonds. The summed E-state index contributed by atoms with van der Waals surface area (Å²) < 4.78 is 0. The number of nitrogens with zero attached hydrogens (tertiary/aromatic N) is 4. The van der Waals surface area contributed by atoms with Gasteiger partial charge in [0.15, 0.2) is 0 Å². The van der Waals surface area contributed by atoms with Crippen LogP contribution in [0.4, 0.5) is 0 Å². The first-order valence-electron chi connectivity index (χ1n) is 10.1. The van der Waals surface area contributed by atoms with Gasteiger partial charge in [-0.2, -0.15) is 0 Å². The summed E-state index contributed by atoms with van der Waals surface area (Å²) in [7, 11) is 0. The van der Waals surface area contributed by atoms with Crippen molar-refractivity contribution in [3.05, 3.63) is 62.0 Å². The molecule has 0 unspecified atom stereocenters. The molecule has 3 aromatic rings. The Bertz CT molecular complexity index is 1160. The van der Waals surface area contributed by atoms with Crippen LogP contribution >= 0.6 is 11.3 Å². The molecular weight excluding hydrogens is 398 g/mol. The van der Waals surface area contributed by atoms with Gasteiger partial charge in [0.25, 0.3) is 11.5 Å². The smallest absolute Gasteiger partial charge is 0.261 e. The van der Waals surface area contributed by atoms with Gasteiger partial charge < -0.3 is 9.88 Å². The molecule has 30 heavy (non-hydrogen) atoms. The number of carbonyl (C=O) groups excluding carboxylic acids is 1. The number of aryl methyl sites for hydroxylation is 4. The Labute approximate surface area is 179 Å². The van der Waals surface area contributed by atoms with Crippen molar-refractivity contribution in [3.8, 4) is 10.6 Å². The fraction of sp³-hybridized carbons (Fsp3) is 0.409. The van der Waals surface area contributed by atoms with Gasteiger partial charge in [-0.1, -0.05) is 0 Å². The lowest BCUT2D eigenvalue weighted by Crippen LogP contribution is -2.40. The van der Waals surface area contributed by atoms with Crippen molar-refractivity contribution >= 4 is 17.2 Å². The molecule has 0 atom stereocenters. The van der Waals surface area contributed by atoms with Gasteiger partial charge in [0, 0.05) is 30.9 Å². The zero-order valence-corrected chi connectivity index (χ0v) is 18.5. The molecule has 0 saturated carbocycles. The van der Waals surface area contributed by atoms with Crippen LogP contribution in [0.5, 0.6) is 0 Å².